The predicted molar refractivity (Wildman–Crippen MR) is 136 cm³/mol. The van der Waals surface area contributed by atoms with Crippen molar-refractivity contribution in [2.24, 2.45) is 28.6 Å². The van der Waals surface area contributed by atoms with E-state index in [1.807, 2.05) is 6.92 Å². The number of fused-ring (bicyclic) bond motifs is 5. The summed E-state index contributed by atoms with van der Waals surface area (Å²) >= 11 is 0. The second-order valence-corrected chi connectivity index (χ2v) is 13.5. The number of hydrogen-bond donors (Lipinski definition) is 6. The van der Waals surface area contributed by atoms with E-state index in [1.54, 1.807) is 6.92 Å². The molecular weight excluding hydrogens is 524 g/mol. The minimum Gasteiger partial charge on any atom is -0.458 e. The zero-order chi connectivity index (χ0) is 28.8. The molecule has 0 bridgehead atoms. The highest BCUT2D eigenvalue weighted by molar-refractivity contribution is 5.85. The van der Waals surface area contributed by atoms with Crippen molar-refractivity contribution in [3.05, 3.63) is 11.6 Å². The van der Waals surface area contributed by atoms with E-state index >= 15 is 0 Å². The molecule has 11 heteroatoms. The van der Waals surface area contributed by atoms with Gasteiger partial charge in [-0.2, -0.15) is 0 Å². The molecule has 224 valence electrons. The molecule has 0 radical (unpaired) electrons. The number of aliphatic hydroxyl groups excluding tert-OH is 4. The first-order chi connectivity index (χ1) is 18.8. The summed E-state index contributed by atoms with van der Waals surface area (Å²) in [7, 11) is 0. The predicted octanol–water partition coefficient (Wildman–Crippen LogP) is -0.279. The number of cyclic esters (lactones) is 1. The second-order valence-electron chi connectivity index (χ2n) is 13.5. The summed E-state index contributed by atoms with van der Waals surface area (Å²) in [5.41, 5.74) is -4.09. The Morgan fingerprint density at radius 3 is 2.42 bits per heavy atom. The lowest BCUT2D eigenvalue weighted by atomic mass is 9.41. The Morgan fingerprint density at radius 2 is 1.75 bits per heavy atom. The topological polar surface area (TPSA) is 183 Å². The van der Waals surface area contributed by atoms with Gasteiger partial charge in [0.1, 0.15) is 31.2 Å². The van der Waals surface area contributed by atoms with Crippen molar-refractivity contribution >= 4 is 12.3 Å². The van der Waals surface area contributed by atoms with Gasteiger partial charge >= 0.3 is 5.97 Å². The maximum absolute atomic E-state index is 13.0. The Bertz CT molecular complexity index is 1080. The molecule has 0 aromatic carbocycles. The van der Waals surface area contributed by atoms with Gasteiger partial charge in [-0.05, 0) is 75.2 Å². The Morgan fingerprint density at radius 1 is 1.00 bits per heavy atom. The normalized spacial score (nSPS) is 56.0. The van der Waals surface area contributed by atoms with E-state index in [1.165, 1.54) is 6.08 Å². The first kappa shape index (κ1) is 28.7. The lowest BCUT2D eigenvalue weighted by molar-refractivity contribution is -0.319. The first-order valence-electron chi connectivity index (χ1n) is 14.6. The van der Waals surface area contributed by atoms with Crippen LogP contribution in [0.5, 0.6) is 0 Å². The molecule has 5 fully saturated rings. The summed E-state index contributed by atoms with van der Waals surface area (Å²) in [6.45, 7) is 3.61. The number of esters is 1. The van der Waals surface area contributed by atoms with Crippen LogP contribution in [0, 0.1) is 28.6 Å². The average Bonchev–Trinajstić information content (AvgIpc) is 3.46. The molecule has 11 nitrogen and oxygen atoms in total. The van der Waals surface area contributed by atoms with Gasteiger partial charge in [-0.1, -0.05) is 6.92 Å². The molecule has 0 unspecified atom stereocenters. The minimum absolute atomic E-state index is 0.0926. The SMILES string of the molecule is C[C@@H]1O[C@@H](O[C@@H]2CC[C@]3(C=O)[C@H]4C[C@@H](O)[C@]5(C)[C@@H](C6=CC(=O)OC6)CC[C@]5(O)[C@@H]4CC[C@]3(O)C2)[C@H](O)[C@H](O)[C@H]1O. The Kier molecular flexibility index (Phi) is 6.83. The number of aldehydes is 1. The summed E-state index contributed by atoms with van der Waals surface area (Å²) in [6, 6.07) is 0. The number of rotatable bonds is 4. The molecular formula is C29H42O11. The highest BCUT2D eigenvalue weighted by atomic mass is 16.7. The number of hydrogen-bond acceptors (Lipinski definition) is 11. The number of aliphatic hydroxyl groups is 6. The van der Waals surface area contributed by atoms with E-state index < -0.39 is 76.8 Å². The van der Waals surface area contributed by atoms with Crippen molar-refractivity contribution in [3.63, 3.8) is 0 Å². The fourth-order valence-electron chi connectivity index (χ4n) is 9.74. The maximum Gasteiger partial charge on any atom is 0.331 e. The van der Waals surface area contributed by atoms with E-state index in [0.29, 0.717) is 25.7 Å². The summed E-state index contributed by atoms with van der Waals surface area (Å²) < 4.78 is 16.8. The quantitative estimate of drug-likeness (QED) is 0.149. The van der Waals surface area contributed by atoms with Crippen LogP contribution in [-0.4, -0.2) is 104 Å². The number of ether oxygens (including phenoxy) is 3. The van der Waals surface area contributed by atoms with Crippen molar-refractivity contribution in [1.29, 1.82) is 0 Å². The van der Waals surface area contributed by atoms with Crippen molar-refractivity contribution in [1.82, 2.24) is 0 Å². The third kappa shape index (κ3) is 3.71. The summed E-state index contributed by atoms with van der Waals surface area (Å²) in [4.78, 5) is 24.8. The molecule has 40 heavy (non-hydrogen) atoms. The van der Waals surface area contributed by atoms with Crippen LogP contribution in [0.2, 0.25) is 0 Å². The van der Waals surface area contributed by atoms with Crippen LogP contribution in [0.3, 0.4) is 0 Å². The van der Waals surface area contributed by atoms with Crippen molar-refractivity contribution in [3.8, 4) is 0 Å². The smallest absolute Gasteiger partial charge is 0.331 e. The largest absolute Gasteiger partial charge is 0.458 e. The molecule has 6 rings (SSSR count). The highest BCUT2D eigenvalue weighted by Crippen LogP contribution is 2.70. The molecule has 4 aliphatic carbocycles. The molecule has 4 saturated carbocycles. The van der Waals surface area contributed by atoms with E-state index in [-0.39, 0.29) is 44.1 Å². The molecule has 0 amide bonds. The van der Waals surface area contributed by atoms with Gasteiger partial charge in [0.15, 0.2) is 6.29 Å². The third-order valence-electron chi connectivity index (χ3n) is 12.1. The molecule has 0 spiro atoms. The molecule has 1 saturated heterocycles. The monoisotopic (exact) mass is 566 g/mol. The molecule has 0 aromatic rings. The van der Waals surface area contributed by atoms with Gasteiger partial charge in [-0.3, -0.25) is 0 Å². The maximum atomic E-state index is 13.0. The van der Waals surface area contributed by atoms with Gasteiger partial charge in [0, 0.05) is 17.9 Å². The van der Waals surface area contributed by atoms with Crippen LogP contribution < -0.4 is 0 Å². The minimum atomic E-state index is -1.47. The van der Waals surface area contributed by atoms with Gasteiger partial charge in [0.05, 0.1) is 34.9 Å². The second kappa shape index (κ2) is 9.54. The van der Waals surface area contributed by atoms with Gasteiger partial charge in [-0.25, -0.2) is 4.79 Å². The van der Waals surface area contributed by atoms with Crippen LogP contribution in [0.15, 0.2) is 11.6 Å². The van der Waals surface area contributed by atoms with Gasteiger partial charge in [0.25, 0.3) is 0 Å². The zero-order valence-electron chi connectivity index (χ0n) is 23.0. The standard InChI is InChI=1S/C29H42O11/c1-14-22(33)23(34)24(35)25(39-14)40-16-3-6-27(13-30)19-10-20(31)26(2)17(15-9-21(32)38-12-15)5-8-29(26,37)18(19)4-7-28(27,36)11-16/h9,13-14,16-20,22-25,31,33-37H,3-8,10-12H2,1-2H3/t14-,16+,17+,18+,19-,20+,22-,23+,24+,25-,26-,27-,28-,29-/m0/s1. The first-order valence-corrected chi connectivity index (χ1v) is 14.6. The van der Waals surface area contributed by atoms with Crippen LogP contribution in [0.1, 0.15) is 65.2 Å². The van der Waals surface area contributed by atoms with Crippen molar-refractivity contribution in [2.45, 2.75) is 119 Å². The fraction of sp³-hybridized carbons (Fsp3) is 0.862. The van der Waals surface area contributed by atoms with Gasteiger partial charge in [0.2, 0.25) is 0 Å². The fourth-order valence-corrected chi connectivity index (χ4v) is 9.74. The Labute approximate surface area is 233 Å². The average molecular weight is 567 g/mol. The summed E-state index contributed by atoms with van der Waals surface area (Å²) in [5, 5.41) is 66.7. The van der Waals surface area contributed by atoms with E-state index in [4.69, 9.17) is 14.2 Å². The summed E-state index contributed by atoms with van der Waals surface area (Å²) in [6.07, 6.45) is -2.70. The zero-order valence-corrected chi connectivity index (χ0v) is 23.0. The molecule has 2 heterocycles. The summed E-state index contributed by atoms with van der Waals surface area (Å²) in [5.74, 6) is -1.42. The lowest BCUT2D eigenvalue weighted by Crippen LogP contribution is -2.71. The van der Waals surface area contributed by atoms with Crippen LogP contribution in [0.25, 0.3) is 0 Å². The number of carbonyl (C=O) groups is 2. The van der Waals surface area contributed by atoms with Gasteiger partial charge in [-0.15, -0.1) is 0 Å². The molecule has 6 N–H and O–H groups in total. The van der Waals surface area contributed by atoms with Crippen molar-refractivity contribution < 1.29 is 54.4 Å². The lowest BCUT2D eigenvalue weighted by Gasteiger charge is -2.66. The Hall–Kier alpha value is -1.44. The van der Waals surface area contributed by atoms with Crippen LogP contribution in [0.4, 0.5) is 0 Å². The molecule has 0 aromatic heterocycles. The highest BCUT2D eigenvalue weighted by Gasteiger charge is 2.74. The molecule has 6 aliphatic rings. The number of carbonyl (C=O) groups excluding carboxylic acids is 2. The van der Waals surface area contributed by atoms with E-state index in [0.717, 1.165) is 11.9 Å². The Balaban J connectivity index is 1.25. The van der Waals surface area contributed by atoms with Crippen molar-refractivity contribution in [2.75, 3.05) is 6.61 Å². The third-order valence-corrected chi connectivity index (χ3v) is 12.1. The molecule has 14 atom stereocenters. The van der Waals surface area contributed by atoms with Gasteiger partial charge < -0.3 is 49.6 Å². The van der Waals surface area contributed by atoms with E-state index in [2.05, 4.69) is 0 Å². The van der Waals surface area contributed by atoms with Crippen LogP contribution >= 0.6 is 0 Å². The van der Waals surface area contributed by atoms with E-state index in [9.17, 15) is 40.2 Å². The van der Waals surface area contributed by atoms with Crippen LogP contribution in [-0.2, 0) is 23.8 Å². The molecule has 2 aliphatic heterocycles.